The highest BCUT2D eigenvalue weighted by Gasteiger charge is 2.37. The first-order valence-corrected chi connectivity index (χ1v) is 6.25. The minimum absolute atomic E-state index is 0.0251. The number of thiocarbonyl (C=S) groups is 1. The van der Waals surface area contributed by atoms with Crippen LogP contribution in [0, 0.1) is 5.41 Å². The zero-order chi connectivity index (χ0) is 14.4. The van der Waals surface area contributed by atoms with E-state index in [2.05, 4.69) is 5.32 Å². The summed E-state index contributed by atoms with van der Waals surface area (Å²) in [4.78, 5) is 12.0. The lowest BCUT2D eigenvalue weighted by Gasteiger charge is -2.28. The molecule has 7 heteroatoms. The minimum Gasteiger partial charge on any atom is -0.392 e. The number of amides is 1. The molecule has 106 valence electrons. The second-order valence-corrected chi connectivity index (χ2v) is 4.57. The van der Waals surface area contributed by atoms with E-state index in [0.717, 1.165) is 0 Å². The molecule has 0 radical (unpaired) electrons. The zero-order valence-electron chi connectivity index (χ0n) is 10.6. The van der Waals surface area contributed by atoms with Crippen LogP contribution < -0.4 is 11.1 Å². The van der Waals surface area contributed by atoms with Crippen LogP contribution in [0.3, 0.4) is 0 Å². The summed E-state index contributed by atoms with van der Waals surface area (Å²) in [5.41, 5.74) is 4.61. The van der Waals surface area contributed by atoms with E-state index in [1.165, 1.54) is 0 Å². The third-order valence-electron chi connectivity index (χ3n) is 3.04. The van der Waals surface area contributed by atoms with Gasteiger partial charge in [-0.15, -0.1) is 0 Å². The van der Waals surface area contributed by atoms with Crippen molar-refractivity contribution in [3.8, 4) is 0 Å². The van der Waals surface area contributed by atoms with Gasteiger partial charge in [-0.25, -0.2) is 0 Å². The molecule has 0 spiro atoms. The normalized spacial score (nSPS) is 12.3. The molecule has 3 nitrogen and oxygen atoms in total. The molecule has 0 aliphatic rings. The third-order valence-corrected chi connectivity index (χ3v) is 3.43. The number of rotatable bonds is 7. The average Bonchev–Trinajstić information content (AvgIpc) is 2.25. The fourth-order valence-corrected chi connectivity index (χ4v) is 2.07. The Bertz CT molecular complexity index is 301. The molecule has 0 saturated heterocycles. The van der Waals surface area contributed by atoms with Crippen molar-refractivity contribution in [1.82, 2.24) is 5.32 Å². The number of hydrogen-bond acceptors (Lipinski definition) is 2. The molecule has 0 aromatic heterocycles. The summed E-state index contributed by atoms with van der Waals surface area (Å²) < 4.78 is 35.8. The first-order chi connectivity index (χ1) is 8.19. The first-order valence-electron chi connectivity index (χ1n) is 5.84. The summed E-state index contributed by atoms with van der Waals surface area (Å²) in [5.74, 6) is -0.387. The van der Waals surface area contributed by atoms with Crippen molar-refractivity contribution in [2.75, 3.05) is 6.54 Å². The molecule has 18 heavy (non-hydrogen) atoms. The van der Waals surface area contributed by atoms with Crippen molar-refractivity contribution in [3.63, 3.8) is 0 Å². The molecule has 0 rings (SSSR count). The van der Waals surface area contributed by atoms with E-state index < -0.39 is 18.0 Å². The fraction of sp³-hybridized carbons (Fsp3) is 0.818. The van der Waals surface area contributed by atoms with Crippen LogP contribution in [0.4, 0.5) is 13.2 Å². The summed E-state index contributed by atoms with van der Waals surface area (Å²) >= 11 is 4.88. The van der Waals surface area contributed by atoms with Gasteiger partial charge in [0.15, 0.2) is 0 Å². The highest BCUT2D eigenvalue weighted by Crippen LogP contribution is 2.27. The van der Waals surface area contributed by atoms with Gasteiger partial charge in [0.2, 0.25) is 5.91 Å². The van der Waals surface area contributed by atoms with E-state index in [0.29, 0.717) is 12.8 Å². The predicted molar refractivity (Wildman–Crippen MR) is 68.1 cm³/mol. The van der Waals surface area contributed by atoms with Gasteiger partial charge in [-0.1, -0.05) is 26.1 Å². The van der Waals surface area contributed by atoms with Gasteiger partial charge >= 0.3 is 6.18 Å². The van der Waals surface area contributed by atoms with Crippen molar-refractivity contribution in [1.29, 1.82) is 0 Å². The smallest absolute Gasteiger partial charge is 0.389 e. The van der Waals surface area contributed by atoms with Gasteiger partial charge in [0.1, 0.15) is 0 Å². The van der Waals surface area contributed by atoms with E-state index >= 15 is 0 Å². The van der Waals surface area contributed by atoms with E-state index in [1.54, 1.807) is 13.8 Å². The molecule has 3 N–H and O–H groups in total. The fourth-order valence-electron chi connectivity index (χ4n) is 1.69. The van der Waals surface area contributed by atoms with Crippen LogP contribution in [0.25, 0.3) is 0 Å². The summed E-state index contributed by atoms with van der Waals surface area (Å²) in [6.07, 6.45) is -4.38. The summed E-state index contributed by atoms with van der Waals surface area (Å²) in [6.45, 7) is 3.53. The maximum absolute atomic E-state index is 11.9. The predicted octanol–water partition coefficient (Wildman–Crippen LogP) is 2.54. The van der Waals surface area contributed by atoms with Gasteiger partial charge in [-0.2, -0.15) is 13.2 Å². The molecule has 0 unspecified atom stereocenters. The molecule has 0 bridgehead atoms. The van der Waals surface area contributed by atoms with Gasteiger partial charge in [0, 0.05) is 13.0 Å². The van der Waals surface area contributed by atoms with E-state index in [-0.39, 0.29) is 23.9 Å². The number of halogens is 3. The Morgan fingerprint density at radius 3 is 2.11 bits per heavy atom. The highest BCUT2D eigenvalue weighted by molar-refractivity contribution is 7.80. The van der Waals surface area contributed by atoms with Crippen LogP contribution in [0.5, 0.6) is 0 Å². The molecule has 0 atom stereocenters. The van der Waals surface area contributed by atoms with Gasteiger partial charge in [0.25, 0.3) is 0 Å². The van der Waals surface area contributed by atoms with Crippen molar-refractivity contribution >= 4 is 23.1 Å². The van der Waals surface area contributed by atoms with Crippen molar-refractivity contribution in [2.45, 2.75) is 45.7 Å². The van der Waals surface area contributed by atoms with Gasteiger partial charge in [0.05, 0.1) is 10.4 Å². The molecule has 0 saturated carbocycles. The van der Waals surface area contributed by atoms with Crippen molar-refractivity contribution in [3.05, 3.63) is 0 Å². The molecule has 0 aromatic rings. The summed E-state index contributed by atoms with van der Waals surface area (Å²) in [6, 6.07) is 0. The summed E-state index contributed by atoms with van der Waals surface area (Å²) in [5, 5.41) is 2.47. The van der Waals surface area contributed by atoms with Crippen LogP contribution in [-0.2, 0) is 4.79 Å². The summed E-state index contributed by atoms with van der Waals surface area (Å²) in [7, 11) is 0. The number of nitrogens with one attached hydrogen (secondary N) is 1. The second kappa shape index (κ2) is 6.92. The minimum atomic E-state index is -4.19. The van der Waals surface area contributed by atoms with E-state index in [4.69, 9.17) is 18.0 Å². The monoisotopic (exact) mass is 284 g/mol. The van der Waals surface area contributed by atoms with Crippen LogP contribution in [0.15, 0.2) is 0 Å². The molecule has 0 aliphatic carbocycles. The maximum Gasteiger partial charge on any atom is 0.389 e. The van der Waals surface area contributed by atoms with Gasteiger partial charge in [-0.05, 0) is 19.3 Å². The Hall–Kier alpha value is -0.850. The highest BCUT2D eigenvalue weighted by atomic mass is 32.1. The Morgan fingerprint density at radius 2 is 1.78 bits per heavy atom. The lowest BCUT2D eigenvalue weighted by molar-refractivity contribution is -0.137. The van der Waals surface area contributed by atoms with Gasteiger partial charge < -0.3 is 11.1 Å². The maximum atomic E-state index is 11.9. The van der Waals surface area contributed by atoms with Crippen LogP contribution in [0.1, 0.15) is 39.5 Å². The third kappa shape index (κ3) is 4.80. The number of hydrogen-bond donors (Lipinski definition) is 2. The zero-order valence-corrected chi connectivity index (χ0v) is 11.4. The molecular weight excluding hydrogens is 265 g/mol. The van der Waals surface area contributed by atoms with Crippen LogP contribution >= 0.6 is 12.2 Å². The average molecular weight is 284 g/mol. The quantitative estimate of drug-likeness (QED) is 0.558. The number of carbonyl (C=O) groups is 1. The Morgan fingerprint density at radius 1 is 1.28 bits per heavy atom. The number of nitrogens with two attached hydrogens (primary N) is 1. The molecular formula is C11H19F3N2OS. The van der Waals surface area contributed by atoms with E-state index in [1.807, 2.05) is 0 Å². The Balaban J connectivity index is 4.34. The van der Waals surface area contributed by atoms with Crippen molar-refractivity contribution in [2.24, 2.45) is 11.1 Å². The van der Waals surface area contributed by atoms with Crippen molar-refractivity contribution < 1.29 is 18.0 Å². The van der Waals surface area contributed by atoms with Crippen LogP contribution in [-0.4, -0.2) is 23.6 Å². The molecule has 0 heterocycles. The number of alkyl halides is 3. The Kier molecular flexibility index (Phi) is 6.59. The van der Waals surface area contributed by atoms with Gasteiger partial charge in [-0.3, -0.25) is 4.79 Å². The topological polar surface area (TPSA) is 55.1 Å². The van der Waals surface area contributed by atoms with Crippen LogP contribution in [0.2, 0.25) is 0 Å². The molecule has 0 aliphatic heterocycles. The molecule has 0 aromatic carbocycles. The lowest BCUT2D eigenvalue weighted by Crippen LogP contribution is -2.48. The SMILES string of the molecule is CCC(CC)(C(=O)NCCCC(F)(F)F)C(N)=S. The first kappa shape index (κ1) is 17.2. The largest absolute Gasteiger partial charge is 0.392 e. The lowest BCUT2D eigenvalue weighted by atomic mass is 9.81. The molecule has 0 fully saturated rings. The molecule has 1 amide bonds. The second-order valence-electron chi connectivity index (χ2n) is 4.13. The van der Waals surface area contributed by atoms with E-state index in [9.17, 15) is 18.0 Å². The number of carbonyl (C=O) groups excluding carboxylic acids is 1. The standard InChI is InChI=1S/C11H19F3N2OS/c1-3-10(4-2,8(15)18)9(17)16-7-5-6-11(12,13)14/h3-7H2,1-2H3,(H2,15,18)(H,16,17). The Labute approximate surface area is 110 Å².